The van der Waals surface area contributed by atoms with Crippen LogP contribution in [0.15, 0.2) is 47.8 Å². The maximum Gasteiger partial charge on any atom is 0.256 e. The molecule has 10 heteroatoms. The van der Waals surface area contributed by atoms with Crippen LogP contribution < -0.4 is 5.32 Å². The lowest BCUT2D eigenvalue weighted by Crippen LogP contribution is -2.15. The number of pyridine rings is 1. The fourth-order valence-corrected chi connectivity index (χ4v) is 6.38. The third-order valence-electron chi connectivity index (χ3n) is 5.51. The largest absolute Gasteiger partial charge is 0.322 e. The van der Waals surface area contributed by atoms with E-state index in [1.54, 1.807) is 17.7 Å². The normalized spacial score (nSPS) is 17.6. The van der Waals surface area contributed by atoms with E-state index >= 15 is 0 Å². The SMILES string of the molecule is Cc1nn([C@H]2CCS(=O)(=O)C2)c2nc(-c3cccs3)cc(C(=O)Nc3ccc(F)cc3)c12. The predicted octanol–water partition coefficient (Wildman–Crippen LogP) is 4.22. The summed E-state index contributed by atoms with van der Waals surface area (Å²) in [5.74, 6) is -0.646. The Kier molecular flexibility index (Phi) is 5.06. The first-order chi connectivity index (χ1) is 15.3. The minimum Gasteiger partial charge on any atom is -0.322 e. The number of hydrogen-bond acceptors (Lipinski definition) is 6. The zero-order valence-electron chi connectivity index (χ0n) is 17.1. The fraction of sp³-hybridized carbons (Fsp3) is 0.227. The average Bonchev–Trinajstić information content (AvgIpc) is 3.48. The predicted molar refractivity (Wildman–Crippen MR) is 122 cm³/mol. The highest BCUT2D eigenvalue weighted by atomic mass is 32.2. The molecule has 4 aromatic rings. The van der Waals surface area contributed by atoms with Crippen LogP contribution in [-0.2, 0) is 9.84 Å². The third-order valence-corrected chi connectivity index (χ3v) is 8.15. The number of sulfone groups is 1. The van der Waals surface area contributed by atoms with Gasteiger partial charge in [0.1, 0.15) is 5.82 Å². The van der Waals surface area contributed by atoms with Crippen molar-refractivity contribution in [1.29, 1.82) is 0 Å². The van der Waals surface area contributed by atoms with E-state index in [2.05, 4.69) is 10.4 Å². The third kappa shape index (κ3) is 3.80. The van der Waals surface area contributed by atoms with Crippen LogP contribution in [-0.4, -0.2) is 40.6 Å². The maximum absolute atomic E-state index is 13.3. The molecule has 1 atom stereocenters. The number of aromatic nitrogens is 3. The number of carbonyl (C=O) groups is 1. The first kappa shape index (κ1) is 20.8. The van der Waals surface area contributed by atoms with Crippen LogP contribution in [0.4, 0.5) is 10.1 Å². The van der Waals surface area contributed by atoms with Gasteiger partial charge in [-0.3, -0.25) is 4.79 Å². The van der Waals surface area contributed by atoms with E-state index in [4.69, 9.17) is 4.98 Å². The number of nitrogens with one attached hydrogen (secondary N) is 1. The maximum atomic E-state index is 13.3. The molecule has 1 saturated heterocycles. The molecule has 4 heterocycles. The van der Waals surface area contributed by atoms with Crippen LogP contribution in [0.1, 0.15) is 28.5 Å². The highest BCUT2D eigenvalue weighted by Gasteiger charge is 2.32. The number of amides is 1. The van der Waals surface area contributed by atoms with Crippen molar-refractivity contribution in [3.8, 4) is 10.6 Å². The number of nitrogens with zero attached hydrogens (tertiary/aromatic N) is 3. The number of benzene rings is 1. The summed E-state index contributed by atoms with van der Waals surface area (Å²) in [6.45, 7) is 1.78. The minimum atomic E-state index is -3.12. The van der Waals surface area contributed by atoms with Crippen molar-refractivity contribution >= 4 is 43.8 Å². The number of rotatable bonds is 4. The van der Waals surface area contributed by atoms with Gasteiger partial charge < -0.3 is 5.32 Å². The van der Waals surface area contributed by atoms with E-state index in [0.29, 0.717) is 40.1 Å². The zero-order chi connectivity index (χ0) is 22.5. The molecule has 1 fully saturated rings. The fourth-order valence-electron chi connectivity index (χ4n) is 4.00. The smallest absolute Gasteiger partial charge is 0.256 e. The zero-order valence-corrected chi connectivity index (χ0v) is 18.7. The molecule has 1 aromatic carbocycles. The van der Waals surface area contributed by atoms with Crippen molar-refractivity contribution in [3.63, 3.8) is 0 Å². The summed E-state index contributed by atoms with van der Waals surface area (Å²) in [4.78, 5) is 18.9. The molecule has 1 aliphatic heterocycles. The second kappa shape index (κ2) is 7.79. The van der Waals surface area contributed by atoms with Gasteiger partial charge in [0.05, 0.1) is 44.8 Å². The van der Waals surface area contributed by atoms with E-state index in [1.807, 2.05) is 17.5 Å². The molecule has 0 unspecified atom stereocenters. The molecular weight excluding hydrogens is 451 g/mol. The Balaban J connectivity index is 1.66. The molecule has 164 valence electrons. The lowest BCUT2D eigenvalue weighted by Gasteiger charge is -2.12. The van der Waals surface area contributed by atoms with E-state index in [-0.39, 0.29) is 23.5 Å². The Morgan fingerprint density at radius 2 is 2.03 bits per heavy atom. The molecule has 5 rings (SSSR count). The molecule has 0 aliphatic carbocycles. The Bertz CT molecular complexity index is 1430. The van der Waals surface area contributed by atoms with Gasteiger partial charge in [0.2, 0.25) is 0 Å². The summed E-state index contributed by atoms with van der Waals surface area (Å²) in [6, 6.07) is 10.7. The van der Waals surface area contributed by atoms with Crippen LogP contribution in [0.2, 0.25) is 0 Å². The lowest BCUT2D eigenvalue weighted by molar-refractivity contribution is 0.102. The topological polar surface area (TPSA) is 93.9 Å². The van der Waals surface area contributed by atoms with E-state index in [0.717, 1.165) is 4.88 Å². The molecule has 3 aromatic heterocycles. The van der Waals surface area contributed by atoms with Gasteiger partial charge in [0, 0.05) is 5.69 Å². The van der Waals surface area contributed by atoms with Gasteiger partial charge in [0.15, 0.2) is 15.5 Å². The number of halogens is 1. The molecule has 1 aliphatic rings. The first-order valence-electron chi connectivity index (χ1n) is 10.0. The molecule has 32 heavy (non-hydrogen) atoms. The first-order valence-corrected chi connectivity index (χ1v) is 12.7. The van der Waals surface area contributed by atoms with Crippen molar-refractivity contribution < 1.29 is 17.6 Å². The number of fused-ring (bicyclic) bond motifs is 1. The molecule has 0 saturated carbocycles. The second-order valence-corrected chi connectivity index (χ2v) is 11.0. The second-order valence-electron chi connectivity index (χ2n) is 7.78. The molecule has 0 spiro atoms. The summed E-state index contributed by atoms with van der Waals surface area (Å²) in [5, 5.41) is 9.89. The Morgan fingerprint density at radius 3 is 2.69 bits per heavy atom. The van der Waals surface area contributed by atoms with Crippen molar-refractivity contribution in [3.05, 3.63) is 64.9 Å². The number of thiophene rings is 1. The summed E-state index contributed by atoms with van der Waals surface area (Å²) in [7, 11) is -3.12. The average molecular weight is 471 g/mol. The molecule has 1 N–H and O–H groups in total. The van der Waals surface area contributed by atoms with Crippen molar-refractivity contribution in [2.75, 3.05) is 16.8 Å². The van der Waals surface area contributed by atoms with E-state index < -0.39 is 15.7 Å². The quantitative estimate of drug-likeness (QED) is 0.482. The van der Waals surface area contributed by atoms with Crippen LogP contribution in [0.3, 0.4) is 0 Å². The number of aryl methyl sites for hydroxylation is 1. The molecule has 7 nitrogen and oxygen atoms in total. The van der Waals surface area contributed by atoms with Gasteiger partial charge in [-0.2, -0.15) is 5.10 Å². The highest BCUT2D eigenvalue weighted by Crippen LogP contribution is 2.33. The lowest BCUT2D eigenvalue weighted by atomic mass is 10.1. The van der Waals surface area contributed by atoms with E-state index in [1.165, 1.54) is 35.6 Å². The monoisotopic (exact) mass is 470 g/mol. The summed E-state index contributed by atoms with van der Waals surface area (Å²) >= 11 is 1.49. The highest BCUT2D eigenvalue weighted by molar-refractivity contribution is 7.91. The van der Waals surface area contributed by atoms with Crippen molar-refractivity contribution in [2.24, 2.45) is 0 Å². The Hall–Kier alpha value is -3.11. The van der Waals surface area contributed by atoms with Gasteiger partial charge in [-0.05, 0) is 55.1 Å². The number of carbonyl (C=O) groups excluding carboxylic acids is 1. The molecular formula is C22H19FN4O3S2. The van der Waals surface area contributed by atoms with E-state index in [9.17, 15) is 17.6 Å². The standard InChI is InChI=1S/C22H19FN4O3S2/c1-13-20-17(22(28)24-15-6-4-14(23)5-7-15)11-18(19-3-2-9-31-19)25-21(20)27(26-13)16-8-10-32(29,30)12-16/h2-7,9,11,16H,8,10,12H2,1H3,(H,24,28)/t16-/m0/s1. The van der Waals surface area contributed by atoms with Gasteiger partial charge in [-0.1, -0.05) is 6.07 Å². The van der Waals surface area contributed by atoms with Gasteiger partial charge in [-0.15, -0.1) is 11.3 Å². The van der Waals surface area contributed by atoms with Gasteiger partial charge >= 0.3 is 0 Å². The van der Waals surface area contributed by atoms with Crippen LogP contribution in [0.5, 0.6) is 0 Å². The summed E-state index contributed by atoms with van der Waals surface area (Å²) in [6.07, 6.45) is 0.459. The van der Waals surface area contributed by atoms with Crippen molar-refractivity contribution in [1.82, 2.24) is 14.8 Å². The summed E-state index contributed by atoms with van der Waals surface area (Å²) < 4.78 is 39.0. The number of anilines is 1. The number of hydrogen-bond donors (Lipinski definition) is 1. The molecule has 0 radical (unpaired) electrons. The van der Waals surface area contributed by atoms with Crippen LogP contribution >= 0.6 is 11.3 Å². The van der Waals surface area contributed by atoms with Gasteiger partial charge in [0.25, 0.3) is 5.91 Å². The van der Waals surface area contributed by atoms with Crippen molar-refractivity contribution in [2.45, 2.75) is 19.4 Å². The van der Waals surface area contributed by atoms with Gasteiger partial charge in [-0.25, -0.2) is 22.5 Å². The molecule has 0 bridgehead atoms. The van der Waals surface area contributed by atoms with Crippen LogP contribution in [0, 0.1) is 12.7 Å². The Morgan fingerprint density at radius 1 is 1.25 bits per heavy atom. The minimum absolute atomic E-state index is 0.00520. The Labute approximate surface area is 187 Å². The molecule has 1 amide bonds. The van der Waals surface area contributed by atoms with Crippen LogP contribution in [0.25, 0.3) is 21.6 Å². The summed E-state index contributed by atoms with van der Waals surface area (Å²) in [5.41, 5.74) is 2.54.